The minimum absolute atomic E-state index is 0.00451. The fourth-order valence-corrected chi connectivity index (χ4v) is 1.62. The Kier molecular flexibility index (Phi) is 4.67. The molecule has 0 atom stereocenters. The second kappa shape index (κ2) is 5.56. The van der Waals surface area contributed by atoms with Crippen LogP contribution in [-0.4, -0.2) is 11.1 Å². The number of benzene rings is 1. The quantitative estimate of drug-likeness (QED) is 0.773. The first kappa shape index (κ1) is 12.6. The molecule has 0 aromatic heterocycles. The predicted octanol–water partition coefficient (Wildman–Crippen LogP) is 3.78. The first-order valence-electron chi connectivity index (χ1n) is 4.18. The maximum absolute atomic E-state index is 12.3. The van der Waals surface area contributed by atoms with Crippen LogP contribution < -0.4 is 0 Å². The lowest BCUT2D eigenvalue weighted by atomic mass is 10.1. The van der Waals surface area contributed by atoms with Gasteiger partial charge in [-0.1, -0.05) is 39.7 Å². The average molecular weight is 298 g/mol. The van der Waals surface area contributed by atoms with E-state index in [-0.39, 0.29) is 28.1 Å². The monoisotopic (exact) mass is 296 g/mol. The van der Waals surface area contributed by atoms with Gasteiger partial charge in [-0.2, -0.15) is 0 Å². The number of halogens is 4. The number of rotatable bonds is 4. The summed E-state index contributed by atoms with van der Waals surface area (Å²) in [5.41, 5.74) is 0.445. The Hall–Kier alpha value is -0.480. The number of carbonyl (C=O) groups excluding carboxylic acids is 1. The van der Waals surface area contributed by atoms with Gasteiger partial charge in [0.25, 0.3) is 6.43 Å². The van der Waals surface area contributed by atoms with Crippen molar-refractivity contribution in [3.05, 3.63) is 34.3 Å². The van der Waals surface area contributed by atoms with Gasteiger partial charge >= 0.3 is 0 Å². The third-order valence-electron chi connectivity index (χ3n) is 1.85. The van der Waals surface area contributed by atoms with Crippen molar-refractivity contribution in [3.63, 3.8) is 0 Å². The number of ketones is 1. The molecular weight excluding hydrogens is 289 g/mol. The molecule has 0 fully saturated rings. The maximum Gasteiger partial charge on any atom is 0.265 e. The number of hydrogen-bond acceptors (Lipinski definition) is 1. The molecule has 0 saturated heterocycles. The molecule has 1 nitrogen and oxygen atoms in total. The van der Waals surface area contributed by atoms with Crippen LogP contribution in [-0.2, 0) is 11.2 Å². The van der Waals surface area contributed by atoms with Crippen LogP contribution in [0.5, 0.6) is 0 Å². The van der Waals surface area contributed by atoms with E-state index in [2.05, 4.69) is 15.9 Å². The highest BCUT2D eigenvalue weighted by atomic mass is 79.9. The van der Waals surface area contributed by atoms with E-state index >= 15 is 0 Å². The number of Topliss-reactive ketones (excluding diaryl/α,β-unsaturated/α-hetero) is 1. The van der Waals surface area contributed by atoms with E-state index in [9.17, 15) is 13.6 Å². The summed E-state index contributed by atoms with van der Waals surface area (Å²) in [5, 5.41) is 0.256. The van der Waals surface area contributed by atoms with Gasteiger partial charge in [0.05, 0.1) is 5.33 Å². The van der Waals surface area contributed by atoms with Gasteiger partial charge in [0.1, 0.15) is 5.78 Å². The summed E-state index contributed by atoms with van der Waals surface area (Å²) in [7, 11) is 0. The van der Waals surface area contributed by atoms with E-state index in [4.69, 9.17) is 11.6 Å². The molecule has 1 aromatic carbocycles. The van der Waals surface area contributed by atoms with E-state index in [1.807, 2.05) is 0 Å². The van der Waals surface area contributed by atoms with Gasteiger partial charge in [0, 0.05) is 17.0 Å². The Morgan fingerprint density at radius 2 is 2.13 bits per heavy atom. The van der Waals surface area contributed by atoms with Crippen LogP contribution in [0.15, 0.2) is 18.2 Å². The molecular formula is C10H8BrClF2O. The Morgan fingerprint density at radius 1 is 1.47 bits per heavy atom. The molecule has 0 heterocycles. The van der Waals surface area contributed by atoms with Crippen LogP contribution in [0.4, 0.5) is 8.78 Å². The fraction of sp³-hybridized carbons (Fsp3) is 0.300. The van der Waals surface area contributed by atoms with Crippen molar-refractivity contribution in [2.24, 2.45) is 0 Å². The van der Waals surface area contributed by atoms with Crippen molar-refractivity contribution in [1.29, 1.82) is 0 Å². The molecule has 0 bridgehead atoms. The molecule has 0 aliphatic carbocycles. The van der Waals surface area contributed by atoms with Crippen LogP contribution in [0, 0.1) is 0 Å². The smallest absolute Gasteiger partial charge is 0.265 e. The molecule has 0 spiro atoms. The Balaban J connectivity index is 2.87. The molecule has 0 unspecified atom stereocenters. The summed E-state index contributed by atoms with van der Waals surface area (Å²) in [6.45, 7) is 0. The number of carbonyl (C=O) groups is 1. The van der Waals surface area contributed by atoms with E-state index < -0.39 is 6.43 Å². The third kappa shape index (κ3) is 3.54. The number of alkyl halides is 3. The van der Waals surface area contributed by atoms with Crippen LogP contribution in [0.2, 0.25) is 5.02 Å². The van der Waals surface area contributed by atoms with Gasteiger partial charge in [-0.25, -0.2) is 8.78 Å². The SMILES string of the molecule is O=C(CBr)Cc1ccc(C(F)F)c(Cl)c1. The van der Waals surface area contributed by atoms with Crippen molar-refractivity contribution in [3.8, 4) is 0 Å². The van der Waals surface area contributed by atoms with Gasteiger partial charge in [0.2, 0.25) is 0 Å². The zero-order valence-corrected chi connectivity index (χ0v) is 9.99. The minimum atomic E-state index is -2.58. The summed E-state index contributed by atoms with van der Waals surface area (Å²) in [6, 6.07) is 4.15. The minimum Gasteiger partial charge on any atom is -0.298 e. The molecule has 0 radical (unpaired) electrons. The van der Waals surface area contributed by atoms with Crippen molar-refractivity contribution < 1.29 is 13.6 Å². The van der Waals surface area contributed by atoms with Crippen LogP contribution >= 0.6 is 27.5 Å². The van der Waals surface area contributed by atoms with Crippen LogP contribution in [0.3, 0.4) is 0 Å². The summed E-state index contributed by atoms with van der Waals surface area (Å²) in [6.07, 6.45) is -2.38. The highest BCUT2D eigenvalue weighted by molar-refractivity contribution is 9.09. The second-order valence-electron chi connectivity index (χ2n) is 3.01. The maximum atomic E-state index is 12.3. The van der Waals surface area contributed by atoms with Crippen molar-refractivity contribution in [2.75, 3.05) is 5.33 Å². The summed E-state index contributed by atoms with van der Waals surface area (Å²) in [5.74, 6) is -0.0177. The fourth-order valence-electron chi connectivity index (χ4n) is 1.13. The lowest BCUT2D eigenvalue weighted by Gasteiger charge is -2.05. The molecule has 0 N–H and O–H groups in total. The molecule has 5 heteroatoms. The number of hydrogen-bond donors (Lipinski definition) is 0. The van der Waals surface area contributed by atoms with Crippen molar-refractivity contribution >= 4 is 33.3 Å². The summed E-state index contributed by atoms with van der Waals surface area (Å²) in [4.78, 5) is 11.1. The van der Waals surface area contributed by atoms with Gasteiger partial charge in [0.15, 0.2) is 0 Å². The molecule has 82 valence electrons. The van der Waals surface area contributed by atoms with Gasteiger partial charge in [-0.05, 0) is 11.6 Å². The average Bonchev–Trinajstić information content (AvgIpc) is 2.17. The molecule has 0 amide bonds. The van der Waals surface area contributed by atoms with Gasteiger partial charge in [-0.3, -0.25) is 4.79 Å². The van der Waals surface area contributed by atoms with Gasteiger partial charge in [-0.15, -0.1) is 0 Å². The Bertz CT molecular complexity index is 368. The lowest BCUT2D eigenvalue weighted by Crippen LogP contribution is -2.03. The largest absolute Gasteiger partial charge is 0.298 e. The Morgan fingerprint density at radius 3 is 2.60 bits per heavy atom. The zero-order chi connectivity index (χ0) is 11.4. The normalized spacial score (nSPS) is 10.7. The predicted molar refractivity (Wildman–Crippen MR) is 58.9 cm³/mol. The zero-order valence-electron chi connectivity index (χ0n) is 7.64. The van der Waals surface area contributed by atoms with E-state index in [1.54, 1.807) is 0 Å². The van der Waals surface area contributed by atoms with Crippen molar-refractivity contribution in [2.45, 2.75) is 12.8 Å². The molecule has 1 rings (SSSR count). The molecule has 1 aromatic rings. The molecule has 0 aliphatic heterocycles. The highest BCUT2D eigenvalue weighted by Gasteiger charge is 2.12. The molecule has 0 saturated carbocycles. The van der Waals surface area contributed by atoms with Crippen LogP contribution in [0.1, 0.15) is 17.6 Å². The van der Waals surface area contributed by atoms with Gasteiger partial charge < -0.3 is 0 Å². The standard InChI is InChI=1S/C10H8BrClF2O/c11-5-7(15)3-6-1-2-8(10(13)14)9(12)4-6/h1-2,4,10H,3,5H2. The molecule has 15 heavy (non-hydrogen) atoms. The van der Waals surface area contributed by atoms with E-state index in [0.29, 0.717) is 5.56 Å². The summed E-state index contributed by atoms with van der Waals surface area (Å²) < 4.78 is 24.7. The first-order chi connectivity index (χ1) is 7.04. The van der Waals surface area contributed by atoms with E-state index in [1.165, 1.54) is 18.2 Å². The summed E-state index contributed by atoms with van der Waals surface area (Å²) >= 11 is 8.67. The van der Waals surface area contributed by atoms with Crippen LogP contribution in [0.25, 0.3) is 0 Å². The molecule has 0 aliphatic rings. The van der Waals surface area contributed by atoms with E-state index in [0.717, 1.165) is 0 Å². The first-order valence-corrected chi connectivity index (χ1v) is 5.68. The Labute approximate surface area is 99.6 Å². The highest BCUT2D eigenvalue weighted by Crippen LogP contribution is 2.27. The van der Waals surface area contributed by atoms with Crippen molar-refractivity contribution in [1.82, 2.24) is 0 Å². The topological polar surface area (TPSA) is 17.1 Å². The lowest BCUT2D eigenvalue weighted by molar-refractivity contribution is -0.115. The second-order valence-corrected chi connectivity index (χ2v) is 3.97. The third-order valence-corrected chi connectivity index (χ3v) is 2.80.